The molecular formula is C15H13ClN2O2. The molecule has 1 heterocycles. The molecule has 102 valence electrons. The van der Waals surface area contributed by atoms with Crippen LogP contribution >= 0.6 is 11.6 Å². The van der Waals surface area contributed by atoms with Gasteiger partial charge in [0, 0.05) is 5.02 Å². The first-order valence-electron chi connectivity index (χ1n) is 6.15. The number of ether oxygens (including phenoxy) is 1. The molecule has 0 fully saturated rings. The van der Waals surface area contributed by atoms with Gasteiger partial charge in [-0.1, -0.05) is 17.7 Å². The third-order valence-electron chi connectivity index (χ3n) is 3.22. The second-order valence-electron chi connectivity index (χ2n) is 4.62. The van der Waals surface area contributed by atoms with E-state index >= 15 is 0 Å². The van der Waals surface area contributed by atoms with E-state index in [0.717, 1.165) is 5.56 Å². The minimum absolute atomic E-state index is 0.124. The van der Waals surface area contributed by atoms with Crippen LogP contribution in [0.25, 0.3) is 16.6 Å². The highest BCUT2D eigenvalue weighted by Crippen LogP contribution is 2.24. The van der Waals surface area contributed by atoms with E-state index in [4.69, 9.17) is 16.3 Å². The van der Waals surface area contributed by atoms with Crippen molar-refractivity contribution < 1.29 is 4.74 Å². The number of aromatic nitrogens is 2. The summed E-state index contributed by atoms with van der Waals surface area (Å²) in [6.45, 7) is 1.97. The van der Waals surface area contributed by atoms with E-state index in [-0.39, 0.29) is 5.56 Å². The topological polar surface area (TPSA) is 47.0 Å². The summed E-state index contributed by atoms with van der Waals surface area (Å²) in [4.78, 5) is 12.5. The molecule has 3 aromatic rings. The monoisotopic (exact) mass is 288 g/mol. The zero-order valence-corrected chi connectivity index (χ0v) is 11.9. The Bertz CT molecular complexity index is 849. The van der Waals surface area contributed by atoms with E-state index < -0.39 is 0 Å². The number of rotatable bonds is 2. The summed E-state index contributed by atoms with van der Waals surface area (Å²) in [5, 5.41) is 4.24. The van der Waals surface area contributed by atoms with Crippen molar-refractivity contribution in [3.63, 3.8) is 0 Å². The minimum atomic E-state index is -0.124. The Morgan fingerprint density at radius 3 is 2.75 bits per heavy atom. The number of nitrogens with zero attached hydrogens (tertiary/aromatic N) is 1. The first-order chi connectivity index (χ1) is 9.60. The van der Waals surface area contributed by atoms with E-state index in [0.29, 0.717) is 27.4 Å². The molecule has 0 saturated carbocycles. The van der Waals surface area contributed by atoms with Crippen molar-refractivity contribution in [2.24, 2.45) is 0 Å². The maximum Gasteiger partial charge on any atom is 0.279 e. The van der Waals surface area contributed by atoms with Crippen molar-refractivity contribution in [2.45, 2.75) is 6.92 Å². The highest BCUT2D eigenvalue weighted by Gasteiger charge is 2.12. The lowest BCUT2D eigenvalue weighted by Crippen LogP contribution is -2.15. The molecule has 0 aliphatic carbocycles. The highest BCUT2D eigenvalue weighted by molar-refractivity contribution is 6.31. The fourth-order valence-corrected chi connectivity index (χ4v) is 2.40. The van der Waals surface area contributed by atoms with Crippen LogP contribution in [0.5, 0.6) is 5.75 Å². The number of hydrogen-bond acceptors (Lipinski definition) is 2. The van der Waals surface area contributed by atoms with Crippen LogP contribution < -0.4 is 10.3 Å². The number of methoxy groups -OCH3 is 1. The Balaban J connectivity index is 2.32. The van der Waals surface area contributed by atoms with E-state index in [1.807, 2.05) is 25.1 Å². The molecule has 0 atom stereocenters. The fraction of sp³-hybridized carbons (Fsp3) is 0.133. The van der Waals surface area contributed by atoms with Crippen LogP contribution in [0.3, 0.4) is 0 Å². The smallest absolute Gasteiger partial charge is 0.279 e. The highest BCUT2D eigenvalue weighted by atomic mass is 35.5. The quantitative estimate of drug-likeness (QED) is 0.786. The predicted molar refractivity (Wildman–Crippen MR) is 80.2 cm³/mol. The number of benzene rings is 2. The normalized spacial score (nSPS) is 10.9. The van der Waals surface area contributed by atoms with Gasteiger partial charge in [0.2, 0.25) is 0 Å². The number of aryl methyl sites for hydroxylation is 1. The van der Waals surface area contributed by atoms with Crippen molar-refractivity contribution in [2.75, 3.05) is 7.11 Å². The molecule has 3 rings (SSSR count). The summed E-state index contributed by atoms with van der Waals surface area (Å²) in [5.74, 6) is 0.635. The zero-order chi connectivity index (χ0) is 14.3. The lowest BCUT2D eigenvalue weighted by Gasteiger charge is -2.09. The molecule has 0 aliphatic heterocycles. The third-order valence-corrected chi connectivity index (χ3v) is 3.46. The first kappa shape index (κ1) is 12.8. The Hall–Kier alpha value is -2.20. The number of aromatic amines is 1. The van der Waals surface area contributed by atoms with Gasteiger partial charge >= 0.3 is 0 Å². The second-order valence-corrected chi connectivity index (χ2v) is 5.05. The lowest BCUT2D eigenvalue weighted by molar-refractivity contribution is 0.411. The summed E-state index contributed by atoms with van der Waals surface area (Å²) in [7, 11) is 1.58. The van der Waals surface area contributed by atoms with Gasteiger partial charge < -0.3 is 4.74 Å². The Labute approximate surface area is 120 Å². The van der Waals surface area contributed by atoms with Gasteiger partial charge in [0.15, 0.2) is 0 Å². The van der Waals surface area contributed by atoms with Crippen LogP contribution in [0.2, 0.25) is 5.02 Å². The molecule has 5 heteroatoms. The van der Waals surface area contributed by atoms with Crippen LogP contribution in [0.15, 0.2) is 41.2 Å². The van der Waals surface area contributed by atoms with Gasteiger partial charge in [-0.25, -0.2) is 4.68 Å². The van der Waals surface area contributed by atoms with Crippen molar-refractivity contribution in [3.8, 4) is 11.4 Å². The molecule has 0 bridgehead atoms. The minimum Gasteiger partial charge on any atom is -0.494 e. The fourth-order valence-electron chi connectivity index (χ4n) is 2.23. The van der Waals surface area contributed by atoms with Gasteiger partial charge in [-0.2, -0.15) is 0 Å². The van der Waals surface area contributed by atoms with Crippen molar-refractivity contribution >= 4 is 22.5 Å². The second kappa shape index (κ2) is 4.72. The number of H-pyrrole nitrogens is 1. The van der Waals surface area contributed by atoms with Gasteiger partial charge in [0.25, 0.3) is 5.56 Å². The third kappa shape index (κ3) is 1.98. The van der Waals surface area contributed by atoms with E-state index in [9.17, 15) is 4.79 Å². The molecular weight excluding hydrogens is 276 g/mol. The first-order valence-corrected chi connectivity index (χ1v) is 6.53. The van der Waals surface area contributed by atoms with Crippen LogP contribution in [-0.4, -0.2) is 16.9 Å². The van der Waals surface area contributed by atoms with Gasteiger partial charge in [-0.05, 0) is 42.8 Å². The van der Waals surface area contributed by atoms with E-state index in [1.54, 1.807) is 25.3 Å². The van der Waals surface area contributed by atoms with Gasteiger partial charge in [0.05, 0.1) is 18.0 Å². The van der Waals surface area contributed by atoms with Crippen LogP contribution in [0.1, 0.15) is 5.56 Å². The Morgan fingerprint density at radius 1 is 1.20 bits per heavy atom. The molecule has 0 amide bonds. The average Bonchev–Trinajstić information content (AvgIpc) is 2.75. The van der Waals surface area contributed by atoms with Crippen molar-refractivity contribution in [1.29, 1.82) is 0 Å². The largest absolute Gasteiger partial charge is 0.494 e. The summed E-state index contributed by atoms with van der Waals surface area (Å²) in [5.41, 5.74) is 2.31. The molecule has 2 aromatic carbocycles. The predicted octanol–water partition coefficient (Wildman–Crippen LogP) is 3.29. The number of hydrogen-bond donors (Lipinski definition) is 1. The maximum atomic E-state index is 12.5. The Morgan fingerprint density at radius 2 is 2.00 bits per heavy atom. The Kier molecular flexibility index (Phi) is 3.03. The van der Waals surface area contributed by atoms with Crippen LogP contribution in [0, 0.1) is 6.92 Å². The molecule has 1 N–H and O–H groups in total. The van der Waals surface area contributed by atoms with Crippen molar-refractivity contribution in [3.05, 3.63) is 57.3 Å². The summed E-state index contributed by atoms with van der Waals surface area (Å²) in [6, 6.07) is 10.8. The standard InChI is InChI=1S/C15H13ClN2O2/c1-9-3-6-14(20-2)13(7-9)18-15(19)11-5-4-10(16)8-12(11)17-18/h3-8,17H,1-2H3. The maximum absolute atomic E-state index is 12.5. The average molecular weight is 289 g/mol. The molecule has 1 aromatic heterocycles. The number of fused-ring (bicyclic) bond motifs is 1. The van der Waals surface area contributed by atoms with Crippen molar-refractivity contribution in [1.82, 2.24) is 9.78 Å². The molecule has 0 saturated heterocycles. The van der Waals surface area contributed by atoms with Crippen LogP contribution in [-0.2, 0) is 0 Å². The lowest BCUT2D eigenvalue weighted by atomic mass is 10.2. The summed E-state index contributed by atoms with van der Waals surface area (Å²) in [6.07, 6.45) is 0. The van der Waals surface area contributed by atoms with Gasteiger partial charge in [-0.3, -0.25) is 9.89 Å². The summed E-state index contributed by atoms with van der Waals surface area (Å²) < 4.78 is 6.80. The van der Waals surface area contributed by atoms with E-state index in [2.05, 4.69) is 5.10 Å². The molecule has 0 spiro atoms. The molecule has 20 heavy (non-hydrogen) atoms. The molecule has 0 aliphatic rings. The van der Waals surface area contributed by atoms with Gasteiger partial charge in [-0.15, -0.1) is 0 Å². The molecule has 4 nitrogen and oxygen atoms in total. The van der Waals surface area contributed by atoms with Crippen LogP contribution in [0.4, 0.5) is 0 Å². The van der Waals surface area contributed by atoms with E-state index in [1.165, 1.54) is 4.68 Å². The number of nitrogens with one attached hydrogen (secondary N) is 1. The summed E-state index contributed by atoms with van der Waals surface area (Å²) >= 11 is 5.95. The zero-order valence-electron chi connectivity index (χ0n) is 11.1. The SMILES string of the molecule is COc1ccc(C)cc1-n1[nH]c2cc(Cl)ccc2c1=O. The molecule has 0 radical (unpaired) electrons. The number of halogens is 1. The molecule has 0 unspecified atom stereocenters. The van der Waals surface area contributed by atoms with Gasteiger partial charge in [0.1, 0.15) is 11.4 Å².